The smallest absolute Gasteiger partial charge is 0.146 e. The summed E-state index contributed by atoms with van der Waals surface area (Å²) in [5, 5.41) is 0.465. The van der Waals surface area contributed by atoms with Gasteiger partial charge in [0.2, 0.25) is 0 Å². The number of hydrogen-bond donors (Lipinski definition) is 1. The van der Waals surface area contributed by atoms with Gasteiger partial charge in [-0.25, -0.2) is 0 Å². The molecule has 0 radical (unpaired) electrons. The van der Waals surface area contributed by atoms with E-state index in [4.69, 9.17) is 39.0 Å². The second-order valence-corrected chi connectivity index (χ2v) is 5.04. The molecule has 20 heavy (non-hydrogen) atoms. The molecule has 2 N–H and O–H groups in total. The lowest BCUT2D eigenvalue weighted by Crippen LogP contribution is -2.08. The van der Waals surface area contributed by atoms with Gasteiger partial charge in [0.1, 0.15) is 16.5 Å². The Morgan fingerprint density at radius 1 is 1.25 bits per heavy atom. The van der Waals surface area contributed by atoms with Crippen LogP contribution < -0.4 is 10.5 Å². The van der Waals surface area contributed by atoms with Gasteiger partial charge in [-0.15, -0.1) is 0 Å². The maximum absolute atomic E-state index is 6.16. The lowest BCUT2D eigenvalue weighted by molar-refractivity contribution is 0.184. The molecular formula is C15H14ClNO2S. The number of nitrogens with two attached hydrogens (primary N) is 1. The largest absolute Gasteiger partial charge is 0.456 e. The molecule has 0 heterocycles. The van der Waals surface area contributed by atoms with Gasteiger partial charge < -0.3 is 15.2 Å². The average Bonchev–Trinajstić information content (AvgIpc) is 2.42. The monoisotopic (exact) mass is 307 g/mol. The Balaban J connectivity index is 2.21. The Kier molecular flexibility index (Phi) is 4.95. The summed E-state index contributed by atoms with van der Waals surface area (Å²) >= 11 is 11.1. The third kappa shape index (κ3) is 3.70. The normalized spacial score (nSPS) is 10.3. The highest BCUT2D eigenvalue weighted by Crippen LogP contribution is 2.30. The van der Waals surface area contributed by atoms with E-state index in [2.05, 4.69) is 0 Å². The van der Waals surface area contributed by atoms with E-state index in [9.17, 15) is 0 Å². The standard InChI is InChI=1S/C15H14ClNO2S/c1-18-9-10-3-2-4-12(7-10)19-14-6-5-11(15(17)20)8-13(14)16/h2-8H,9H2,1H3,(H2,17,20). The highest BCUT2D eigenvalue weighted by Gasteiger charge is 2.06. The van der Waals surface area contributed by atoms with Crippen molar-refractivity contribution in [3.8, 4) is 11.5 Å². The highest BCUT2D eigenvalue weighted by atomic mass is 35.5. The third-order valence-corrected chi connectivity index (χ3v) is 3.18. The van der Waals surface area contributed by atoms with Crippen LogP contribution in [0.2, 0.25) is 5.02 Å². The lowest BCUT2D eigenvalue weighted by atomic mass is 10.2. The molecule has 5 heteroatoms. The van der Waals surface area contributed by atoms with E-state index in [0.29, 0.717) is 33.7 Å². The molecule has 0 aromatic heterocycles. The Bertz CT molecular complexity index is 631. The fourth-order valence-electron chi connectivity index (χ4n) is 1.73. The maximum Gasteiger partial charge on any atom is 0.146 e. The molecule has 0 aliphatic heterocycles. The first kappa shape index (κ1) is 14.8. The summed E-state index contributed by atoms with van der Waals surface area (Å²) in [6.07, 6.45) is 0. The number of hydrogen-bond acceptors (Lipinski definition) is 3. The molecule has 0 fully saturated rings. The predicted octanol–water partition coefficient (Wildman–Crippen LogP) is 3.91. The Hall–Kier alpha value is -1.62. The van der Waals surface area contributed by atoms with Crippen LogP contribution in [0.25, 0.3) is 0 Å². The van der Waals surface area contributed by atoms with Crippen molar-refractivity contribution >= 4 is 28.8 Å². The van der Waals surface area contributed by atoms with Gasteiger partial charge >= 0.3 is 0 Å². The summed E-state index contributed by atoms with van der Waals surface area (Å²) in [6.45, 7) is 0.533. The van der Waals surface area contributed by atoms with Crippen LogP contribution >= 0.6 is 23.8 Å². The van der Waals surface area contributed by atoms with Crippen molar-refractivity contribution in [2.75, 3.05) is 7.11 Å². The maximum atomic E-state index is 6.16. The zero-order chi connectivity index (χ0) is 14.5. The summed E-state index contributed by atoms with van der Waals surface area (Å²) in [6, 6.07) is 12.9. The van der Waals surface area contributed by atoms with Crippen LogP contribution in [-0.2, 0) is 11.3 Å². The Morgan fingerprint density at radius 3 is 2.70 bits per heavy atom. The fourth-order valence-corrected chi connectivity index (χ4v) is 2.08. The van der Waals surface area contributed by atoms with Crippen molar-refractivity contribution in [1.29, 1.82) is 0 Å². The molecule has 0 aliphatic rings. The zero-order valence-corrected chi connectivity index (χ0v) is 12.5. The second-order valence-electron chi connectivity index (χ2n) is 4.19. The quantitative estimate of drug-likeness (QED) is 0.851. The second kappa shape index (κ2) is 6.70. The van der Waals surface area contributed by atoms with E-state index in [1.807, 2.05) is 24.3 Å². The van der Waals surface area contributed by atoms with Gasteiger partial charge in [0.15, 0.2) is 0 Å². The first-order valence-corrected chi connectivity index (χ1v) is 6.74. The fraction of sp³-hybridized carbons (Fsp3) is 0.133. The molecule has 3 nitrogen and oxygen atoms in total. The minimum absolute atomic E-state index is 0.306. The topological polar surface area (TPSA) is 44.5 Å². The van der Waals surface area contributed by atoms with E-state index < -0.39 is 0 Å². The summed E-state index contributed by atoms with van der Waals surface area (Å²) < 4.78 is 10.8. The molecule has 0 amide bonds. The van der Waals surface area contributed by atoms with Crippen LogP contribution in [0.15, 0.2) is 42.5 Å². The summed E-state index contributed by atoms with van der Waals surface area (Å²) in [5.41, 5.74) is 7.30. The number of halogens is 1. The van der Waals surface area contributed by atoms with E-state index in [0.717, 1.165) is 5.56 Å². The van der Waals surface area contributed by atoms with E-state index >= 15 is 0 Å². The van der Waals surface area contributed by atoms with Crippen LogP contribution in [0.4, 0.5) is 0 Å². The molecule has 0 saturated carbocycles. The van der Waals surface area contributed by atoms with Crippen molar-refractivity contribution in [3.05, 3.63) is 58.6 Å². The lowest BCUT2D eigenvalue weighted by Gasteiger charge is -2.10. The molecule has 0 bridgehead atoms. The highest BCUT2D eigenvalue weighted by molar-refractivity contribution is 7.80. The minimum Gasteiger partial charge on any atom is -0.456 e. The number of benzene rings is 2. The van der Waals surface area contributed by atoms with Crippen LogP contribution in [-0.4, -0.2) is 12.1 Å². The van der Waals surface area contributed by atoms with Crippen LogP contribution in [0, 0.1) is 0 Å². The number of ether oxygens (including phenoxy) is 2. The van der Waals surface area contributed by atoms with Crippen LogP contribution in [0.3, 0.4) is 0 Å². The van der Waals surface area contributed by atoms with Gasteiger partial charge in [0.25, 0.3) is 0 Å². The SMILES string of the molecule is COCc1cccc(Oc2ccc(C(N)=S)cc2Cl)c1. The van der Waals surface area contributed by atoms with Crippen molar-refractivity contribution in [2.24, 2.45) is 5.73 Å². The molecule has 2 rings (SSSR count). The number of rotatable bonds is 5. The van der Waals surface area contributed by atoms with E-state index in [1.165, 1.54) is 0 Å². The van der Waals surface area contributed by atoms with Crippen molar-refractivity contribution in [1.82, 2.24) is 0 Å². The minimum atomic E-state index is 0.306. The first-order valence-electron chi connectivity index (χ1n) is 5.95. The van der Waals surface area contributed by atoms with Gasteiger partial charge in [-0.2, -0.15) is 0 Å². The third-order valence-electron chi connectivity index (χ3n) is 2.65. The van der Waals surface area contributed by atoms with Crippen molar-refractivity contribution < 1.29 is 9.47 Å². The Morgan fingerprint density at radius 2 is 2.05 bits per heavy atom. The molecule has 104 valence electrons. The van der Waals surface area contributed by atoms with Gasteiger partial charge in [-0.05, 0) is 35.9 Å². The Labute approximate surface area is 128 Å². The van der Waals surface area contributed by atoms with Gasteiger partial charge in [-0.3, -0.25) is 0 Å². The van der Waals surface area contributed by atoms with Crippen molar-refractivity contribution in [3.63, 3.8) is 0 Å². The summed E-state index contributed by atoms with van der Waals surface area (Å²) in [5.74, 6) is 1.26. The molecule has 2 aromatic rings. The van der Waals surface area contributed by atoms with Gasteiger partial charge in [0, 0.05) is 12.7 Å². The van der Waals surface area contributed by atoms with Gasteiger partial charge in [-0.1, -0.05) is 36.0 Å². The van der Waals surface area contributed by atoms with Crippen LogP contribution in [0.5, 0.6) is 11.5 Å². The van der Waals surface area contributed by atoms with Crippen LogP contribution in [0.1, 0.15) is 11.1 Å². The summed E-state index contributed by atoms with van der Waals surface area (Å²) in [4.78, 5) is 0.306. The molecule has 0 unspecified atom stereocenters. The number of methoxy groups -OCH3 is 1. The molecule has 0 spiro atoms. The van der Waals surface area contributed by atoms with Gasteiger partial charge in [0.05, 0.1) is 11.6 Å². The van der Waals surface area contributed by atoms with E-state index in [-0.39, 0.29) is 0 Å². The van der Waals surface area contributed by atoms with Crippen molar-refractivity contribution in [2.45, 2.75) is 6.61 Å². The first-order chi connectivity index (χ1) is 9.60. The summed E-state index contributed by atoms with van der Waals surface area (Å²) in [7, 11) is 1.65. The number of thiocarbonyl (C=S) groups is 1. The average molecular weight is 308 g/mol. The molecule has 0 atom stereocenters. The molecule has 0 saturated heterocycles. The molecular weight excluding hydrogens is 294 g/mol. The predicted molar refractivity (Wildman–Crippen MR) is 84.6 cm³/mol. The molecule has 2 aromatic carbocycles. The zero-order valence-electron chi connectivity index (χ0n) is 10.9. The molecule has 0 aliphatic carbocycles. The van der Waals surface area contributed by atoms with E-state index in [1.54, 1.807) is 25.3 Å².